The van der Waals surface area contributed by atoms with Crippen molar-refractivity contribution in [2.45, 2.75) is 19.5 Å². The third-order valence-corrected chi connectivity index (χ3v) is 6.28. The molecule has 0 aliphatic heterocycles. The number of carbonyl (C=O) groups is 1. The number of hydrogen-bond acceptors (Lipinski definition) is 5. The largest absolute Gasteiger partial charge is 0.391 e. The molecule has 0 aliphatic carbocycles. The minimum Gasteiger partial charge on any atom is -0.341 e. The fourth-order valence-corrected chi connectivity index (χ4v) is 4.11. The maximum Gasteiger partial charge on any atom is 0.391 e. The zero-order valence-corrected chi connectivity index (χ0v) is 20.0. The van der Waals surface area contributed by atoms with Crippen molar-refractivity contribution < 1.29 is 18.0 Å². The molecule has 5 aromatic rings. The number of hydrogen-bond donors (Lipinski definition) is 2. The molecule has 5 rings (SSSR count). The molecular weight excluding hydrogens is 481 g/mol. The smallest absolute Gasteiger partial charge is 0.341 e. The van der Waals surface area contributed by atoms with Crippen LogP contribution in [0, 0.1) is 5.92 Å². The van der Waals surface area contributed by atoms with Gasteiger partial charge in [-0.25, -0.2) is 9.97 Å². The summed E-state index contributed by atoms with van der Waals surface area (Å²) in [5.74, 6) is -1.18. The number of nitrogens with one attached hydrogen (secondary N) is 2. The molecule has 0 saturated carbocycles. The number of ketones is 1. The van der Waals surface area contributed by atoms with Crippen LogP contribution in [0.25, 0.3) is 33.4 Å². The number of aromatic amines is 1. The topological polar surface area (TPSA) is 88.5 Å². The van der Waals surface area contributed by atoms with E-state index in [1.165, 1.54) is 0 Å². The number of nitrogens with zero attached hydrogens (tertiary/aromatic N) is 4. The van der Waals surface area contributed by atoms with E-state index in [1.54, 1.807) is 36.1 Å². The van der Waals surface area contributed by atoms with Crippen molar-refractivity contribution in [3.8, 4) is 22.5 Å². The minimum absolute atomic E-state index is 0.235. The Morgan fingerprint density at radius 3 is 2.51 bits per heavy atom. The fourth-order valence-electron chi connectivity index (χ4n) is 4.11. The van der Waals surface area contributed by atoms with Crippen LogP contribution in [0.15, 0.2) is 73.2 Å². The van der Waals surface area contributed by atoms with Crippen LogP contribution in [0.1, 0.15) is 23.8 Å². The Balaban J connectivity index is 1.37. The SMILES string of the molecule is CC(CC(=O)c1cc2ccc(-c3nccc(Nc4ccc(-c5cn[nH]c5)cc4)n3)cc2n1C)C(F)(F)F. The van der Waals surface area contributed by atoms with E-state index in [0.717, 1.165) is 34.7 Å². The van der Waals surface area contributed by atoms with E-state index < -0.39 is 24.3 Å². The van der Waals surface area contributed by atoms with Crippen molar-refractivity contribution >= 4 is 28.2 Å². The summed E-state index contributed by atoms with van der Waals surface area (Å²) in [4.78, 5) is 21.6. The Morgan fingerprint density at radius 1 is 1.05 bits per heavy atom. The summed E-state index contributed by atoms with van der Waals surface area (Å²) >= 11 is 0. The number of Topliss-reactive ketones (excluding diaryl/α,β-unsaturated/α-hetero) is 1. The standard InChI is InChI=1S/C27H23F3N6O/c1-16(27(28,29)30)11-24(37)23-12-18-3-4-19(13-22(18)36(23)2)26-31-10-9-25(35-26)34-21-7-5-17(6-8-21)20-14-32-33-15-20/h3-10,12-16H,11H2,1-2H3,(H,32,33)(H,31,34,35). The van der Waals surface area contributed by atoms with Crippen LogP contribution in [0.3, 0.4) is 0 Å². The van der Waals surface area contributed by atoms with Crippen LogP contribution >= 0.6 is 0 Å². The number of halogens is 3. The summed E-state index contributed by atoms with van der Waals surface area (Å²) in [6.07, 6.45) is 0.217. The molecule has 0 spiro atoms. The van der Waals surface area contributed by atoms with E-state index in [2.05, 4.69) is 25.5 Å². The lowest BCUT2D eigenvalue weighted by Crippen LogP contribution is -2.23. The molecule has 37 heavy (non-hydrogen) atoms. The number of anilines is 2. The summed E-state index contributed by atoms with van der Waals surface area (Å²) < 4.78 is 40.4. The predicted octanol–water partition coefficient (Wildman–Crippen LogP) is 6.54. The number of aryl methyl sites for hydroxylation is 1. The number of rotatable bonds is 7. The lowest BCUT2D eigenvalue weighted by Gasteiger charge is -2.14. The summed E-state index contributed by atoms with van der Waals surface area (Å²) in [5.41, 5.74) is 4.54. The maximum absolute atomic E-state index is 12.9. The van der Waals surface area contributed by atoms with E-state index in [4.69, 9.17) is 0 Å². The third-order valence-electron chi connectivity index (χ3n) is 6.28. The summed E-state index contributed by atoms with van der Waals surface area (Å²) in [5, 5.41) is 10.8. The number of H-pyrrole nitrogens is 1. The van der Waals surface area contributed by atoms with Gasteiger partial charge in [-0.15, -0.1) is 0 Å². The molecule has 0 fully saturated rings. The molecule has 10 heteroatoms. The van der Waals surface area contributed by atoms with E-state index in [1.807, 2.05) is 48.7 Å². The Kier molecular flexibility index (Phi) is 6.24. The molecule has 0 aliphatic rings. The Hall–Kier alpha value is -4.47. The van der Waals surface area contributed by atoms with Crippen LogP contribution in [0.2, 0.25) is 0 Å². The van der Waals surface area contributed by atoms with Gasteiger partial charge in [0.1, 0.15) is 5.82 Å². The quantitative estimate of drug-likeness (QED) is 0.246. The summed E-state index contributed by atoms with van der Waals surface area (Å²) in [6.45, 7) is 1.02. The number of carbonyl (C=O) groups excluding carboxylic acids is 1. The average Bonchev–Trinajstić information content (AvgIpc) is 3.52. The second-order valence-corrected chi connectivity index (χ2v) is 8.89. The second kappa shape index (κ2) is 9.53. The maximum atomic E-state index is 12.9. The van der Waals surface area contributed by atoms with Gasteiger partial charge in [0.2, 0.25) is 0 Å². The van der Waals surface area contributed by atoms with Gasteiger partial charge in [0.25, 0.3) is 0 Å². The van der Waals surface area contributed by atoms with Gasteiger partial charge in [-0.3, -0.25) is 9.89 Å². The first-order valence-electron chi connectivity index (χ1n) is 11.6. The Morgan fingerprint density at radius 2 is 1.81 bits per heavy atom. The van der Waals surface area contributed by atoms with E-state index in [0.29, 0.717) is 17.2 Å². The molecule has 1 unspecified atom stereocenters. The number of alkyl halides is 3. The van der Waals surface area contributed by atoms with Gasteiger partial charge < -0.3 is 9.88 Å². The van der Waals surface area contributed by atoms with Crippen molar-refractivity contribution in [2.24, 2.45) is 13.0 Å². The predicted molar refractivity (Wildman–Crippen MR) is 135 cm³/mol. The molecule has 0 saturated heterocycles. The number of aromatic nitrogens is 5. The van der Waals surface area contributed by atoms with Crippen molar-refractivity contribution in [3.63, 3.8) is 0 Å². The average molecular weight is 505 g/mol. The van der Waals surface area contributed by atoms with Gasteiger partial charge in [0, 0.05) is 53.6 Å². The van der Waals surface area contributed by atoms with Gasteiger partial charge in [-0.2, -0.15) is 18.3 Å². The Bertz CT molecular complexity index is 1560. The monoisotopic (exact) mass is 504 g/mol. The number of benzene rings is 2. The molecule has 0 bridgehead atoms. The molecule has 2 aromatic carbocycles. The molecule has 0 amide bonds. The highest BCUT2D eigenvalue weighted by molar-refractivity contribution is 6.00. The van der Waals surface area contributed by atoms with E-state index >= 15 is 0 Å². The molecule has 2 N–H and O–H groups in total. The first-order valence-corrected chi connectivity index (χ1v) is 11.6. The van der Waals surface area contributed by atoms with Crippen molar-refractivity contribution in [2.75, 3.05) is 5.32 Å². The van der Waals surface area contributed by atoms with Crippen LogP contribution in [-0.4, -0.2) is 36.7 Å². The van der Waals surface area contributed by atoms with Gasteiger partial charge >= 0.3 is 6.18 Å². The molecule has 0 radical (unpaired) electrons. The highest BCUT2D eigenvalue weighted by atomic mass is 19.4. The Labute approximate surface area is 210 Å². The summed E-state index contributed by atoms with van der Waals surface area (Å²) in [6, 6.07) is 16.7. The van der Waals surface area contributed by atoms with Crippen molar-refractivity contribution in [1.29, 1.82) is 0 Å². The van der Waals surface area contributed by atoms with Crippen LogP contribution in [0.5, 0.6) is 0 Å². The van der Waals surface area contributed by atoms with Crippen LogP contribution in [0.4, 0.5) is 24.7 Å². The van der Waals surface area contributed by atoms with E-state index in [9.17, 15) is 18.0 Å². The minimum atomic E-state index is -4.41. The van der Waals surface area contributed by atoms with Crippen LogP contribution < -0.4 is 5.32 Å². The normalized spacial score (nSPS) is 12.6. The molecule has 1 atom stereocenters. The van der Waals surface area contributed by atoms with Crippen LogP contribution in [-0.2, 0) is 7.05 Å². The first kappa shape index (κ1) is 24.2. The van der Waals surface area contributed by atoms with Gasteiger partial charge in [0.15, 0.2) is 11.6 Å². The second-order valence-electron chi connectivity index (χ2n) is 8.89. The van der Waals surface area contributed by atoms with Crippen molar-refractivity contribution in [1.82, 2.24) is 24.7 Å². The molecule has 3 heterocycles. The lowest BCUT2D eigenvalue weighted by molar-refractivity contribution is -0.168. The van der Waals surface area contributed by atoms with Gasteiger partial charge in [0.05, 0.1) is 17.8 Å². The zero-order valence-electron chi connectivity index (χ0n) is 20.0. The molecular formula is C27H23F3N6O. The highest BCUT2D eigenvalue weighted by Crippen LogP contribution is 2.31. The molecule has 7 nitrogen and oxygen atoms in total. The van der Waals surface area contributed by atoms with Gasteiger partial charge in [-0.1, -0.05) is 31.2 Å². The fraction of sp³-hybridized carbons (Fsp3) is 0.185. The molecule has 188 valence electrons. The highest BCUT2D eigenvalue weighted by Gasteiger charge is 2.37. The van der Waals surface area contributed by atoms with E-state index in [-0.39, 0.29) is 5.69 Å². The zero-order chi connectivity index (χ0) is 26.2. The first-order chi connectivity index (χ1) is 17.7. The third kappa shape index (κ3) is 5.09. The summed E-state index contributed by atoms with van der Waals surface area (Å²) in [7, 11) is 1.67. The van der Waals surface area contributed by atoms with Gasteiger partial charge in [-0.05, 0) is 35.9 Å². The van der Waals surface area contributed by atoms with Crippen molar-refractivity contribution in [3.05, 3.63) is 78.9 Å². The molecule has 3 aromatic heterocycles. The lowest BCUT2D eigenvalue weighted by atomic mass is 10.0. The number of fused-ring (bicyclic) bond motifs is 1.